The van der Waals surface area contributed by atoms with Crippen LogP contribution in [0.4, 0.5) is 25.0 Å². The number of para-hydroxylation sites is 1. The van der Waals surface area contributed by atoms with E-state index in [2.05, 4.69) is 15.4 Å². The van der Waals surface area contributed by atoms with Gasteiger partial charge in [0, 0.05) is 24.5 Å². The number of nitrogens with one attached hydrogen (secondary N) is 2. The summed E-state index contributed by atoms with van der Waals surface area (Å²) in [6.07, 6.45) is 0. The average Bonchev–Trinajstić information content (AvgIpc) is 3.01. The van der Waals surface area contributed by atoms with Crippen LogP contribution < -0.4 is 20.3 Å². The van der Waals surface area contributed by atoms with Gasteiger partial charge in [-0.25, -0.2) is 4.79 Å². The third kappa shape index (κ3) is 3.85. The molecule has 25 heavy (non-hydrogen) atoms. The summed E-state index contributed by atoms with van der Waals surface area (Å²) in [4.78, 5) is 25.5. The molecule has 3 amide bonds. The number of carbonyl (C=O) groups excluding carboxylic acids is 2. The first kappa shape index (κ1) is 16.7. The van der Waals surface area contributed by atoms with E-state index in [4.69, 9.17) is 0 Å². The SMILES string of the molecule is O=C(Nc1ccc(N2CCNC2=O)cc1)c1ccccc1OC(F)F. The second kappa shape index (κ2) is 7.16. The van der Waals surface area contributed by atoms with Gasteiger partial charge in [-0.2, -0.15) is 8.78 Å². The third-order valence-electron chi connectivity index (χ3n) is 3.64. The number of anilines is 2. The monoisotopic (exact) mass is 347 g/mol. The van der Waals surface area contributed by atoms with Crippen LogP contribution in [0.2, 0.25) is 0 Å². The highest BCUT2D eigenvalue weighted by Gasteiger charge is 2.21. The molecule has 1 aliphatic rings. The molecule has 2 aromatic rings. The van der Waals surface area contributed by atoms with Gasteiger partial charge in [0.25, 0.3) is 5.91 Å². The van der Waals surface area contributed by atoms with Crippen molar-refractivity contribution in [3.63, 3.8) is 0 Å². The number of hydrogen-bond acceptors (Lipinski definition) is 3. The summed E-state index contributed by atoms with van der Waals surface area (Å²) < 4.78 is 29.2. The van der Waals surface area contributed by atoms with E-state index < -0.39 is 12.5 Å². The Bertz CT molecular complexity index is 781. The van der Waals surface area contributed by atoms with Crippen LogP contribution in [0.25, 0.3) is 0 Å². The zero-order chi connectivity index (χ0) is 17.8. The van der Waals surface area contributed by atoms with Crippen molar-refractivity contribution in [1.29, 1.82) is 0 Å². The van der Waals surface area contributed by atoms with Gasteiger partial charge in [-0.3, -0.25) is 9.69 Å². The normalized spacial score (nSPS) is 13.7. The number of hydrogen-bond donors (Lipinski definition) is 2. The number of ether oxygens (including phenoxy) is 1. The fourth-order valence-corrected chi connectivity index (χ4v) is 2.49. The number of rotatable bonds is 5. The zero-order valence-electron chi connectivity index (χ0n) is 13.0. The van der Waals surface area contributed by atoms with Crippen LogP contribution >= 0.6 is 0 Å². The summed E-state index contributed by atoms with van der Waals surface area (Å²) in [7, 11) is 0. The van der Waals surface area contributed by atoms with E-state index in [0.717, 1.165) is 0 Å². The van der Waals surface area contributed by atoms with Crippen molar-refractivity contribution in [3.05, 3.63) is 54.1 Å². The molecule has 0 spiro atoms. The first-order chi connectivity index (χ1) is 12.0. The van der Waals surface area contributed by atoms with Crippen molar-refractivity contribution in [2.45, 2.75) is 6.61 Å². The molecular formula is C17H15F2N3O3. The van der Waals surface area contributed by atoms with Crippen LogP contribution in [0.15, 0.2) is 48.5 Å². The minimum atomic E-state index is -3.01. The molecule has 0 unspecified atom stereocenters. The largest absolute Gasteiger partial charge is 0.434 e. The smallest absolute Gasteiger partial charge is 0.387 e. The van der Waals surface area contributed by atoms with E-state index in [0.29, 0.717) is 24.5 Å². The van der Waals surface area contributed by atoms with Gasteiger partial charge in [0.2, 0.25) is 0 Å². The first-order valence-electron chi connectivity index (χ1n) is 7.55. The number of halogens is 2. The lowest BCUT2D eigenvalue weighted by Crippen LogP contribution is -2.27. The van der Waals surface area contributed by atoms with Crippen molar-refractivity contribution < 1.29 is 23.1 Å². The molecule has 1 saturated heterocycles. The standard InChI is InChI=1S/C17H15F2N3O3/c18-16(19)25-14-4-2-1-3-13(14)15(23)21-11-5-7-12(8-6-11)22-10-9-20-17(22)24/h1-8,16H,9-10H2,(H,20,24)(H,21,23). The maximum Gasteiger partial charge on any atom is 0.387 e. The topological polar surface area (TPSA) is 70.7 Å². The number of urea groups is 1. The molecule has 130 valence electrons. The summed E-state index contributed by atoms with van der Waals surface area (Å²) in [5.41, 5.74) is 1.18. The second-order valence-electron chi connectivity index (χ2n) is 5.26. The summed E-state index contributed by atoms with van der Waals surface area (Å²) in [6, 6.07) is 12.3. The number of nitrogens with zero attached hydrogens (tertiary/aromatic N) is 1. The quantitative estimate of drug-likeness (QED) is 0.873. The van der Waals surface area contributed by atoms with Crippen LogP contribution in [0.3, 0.4) is 0 Å². The maximum atomic E-state index is 12.4. The highest BCUT2D eigenvalue weighted by Crippen LogP contribution is 2.23. The molecule has 1 aliphatic heterocycles. The predicted molar refractivity (Wildman–Crippen MR) is 88.2 cm³/mol. The van der Waals surface area contributed by atoms with E-state index in [9.17, 15) is 18.4 Å². The van der Waals surface area contributed by atoms with Gasteiger partial charge in [-0.1, -0.05) is 12.1 Å². The zero-order valence-corrected chi connectivity index (χ0v) is 13.0. The first-order valence-corrected chi connectivity index (χ1v) is 7.55. The Balaban J connectivity index is 1.72. The molecule has 0 aromatic heterocycles. The average molecular weight is 347 g/mol. The van der Waals surface area contributed by atoms with Gasteiger partial charge >= 0.3 is 12.6 Å². The molecule has 1 heterocycles. The third-order valence-corrected chi connectivity index (χ3v) is 3.64. The van der Waals surface area contributed by atoms with Crippen LogP contribution in [-0.2, 0) is 0 Å². The predicted octanol–water partition coefficient (Wildman–Crippen LogP) is 3.07. The fourth-order valence-electron chi connectivity index (χ4n) is 2.49. The van der Waals surface area contributed by atoms with Gasteiger partial charge in [-0.15, -0.1) is 0 Å². The highest BCUT2D eigenvalue weighted by molar-refractivity contribution is 6.06. The minimum Gasteiger partial charge on any atom is -0.434 e. The highest BCUT2D eigenvalue weighted by atomic mass is 19.3. The Morgan fingerprint density at radius 2 is 1.88 bits per heavy atom. The Labute approximate surface area is 142 Å². The Morgan fingerprint density at radius 1 is 1.16 bits per heavy atom. The lowest BCUT2D eigenvalue weighted by atomic mass is 10.2. The number of amides is 3. The Morgan fingerprint density at radius 3 is 2.52 bits per heavy atom. The van der Waals surface area contributed by atoms with E-state index in [-0.39, 0.29) is 17.3 Å². The molecule has 0 radical (unpaired) electrons. The second-order valence-corrected chi connectivity index (χ2v) is 5.26. The fraction of sp³-hybridized carbons (Fsp3) is 0.176. The van der Waals surface area contributed by atoms with Gasteiger partial charge in [-0.05, 0) is 36.4 Å². The van der Waals surface area contributed by atoms with Gasteiger partial charge in [0.15, 0.2) is 0 Å². The molecule has 2 N–H and O–H groups in total. The van der Waals surface area contributed by atoms with Crippen molar-refractivity contribution in [2.75, 3.05) is 23.3 Å². The van der Waals surface area contributed by atoms with E-state index >= 15 is 0 Å². The van der Waals surface area contributed by atoms with Crippen molar-refractivity contribution >= 4 is 23.3 Å². The van der Waals surface area contributed by atoms with E-state index in [1.165, 1.54) is 18.2 Å². The molecule has 6 nitrogen and oxygen atoms in total. The summed E-state index contributed by atoms with van der Waals surface area (Å²) in [5.74, 6) is -0.761. The molecular weight excluding hydrogens is 332 g/mol. The molecule has 0 atom stereocenters. The Hall–Kier alpha value is -3.16. The number of alkyl halides is 2. The molecule has 0 bridgehead atoms. The van der Waals surface area contributed by atoms with Crippen LogP contribution in [-0.4, -0.2) is 31.6 Å². The molecule has 0 aliphatic carbocycles. The van der Waals surface area contributed by atoms with Crippen LogP contribution in [0.1, 0.15) is 10.4 Å². The summed E-state index contributed by atoms with van der Waals surface area (Å²) in [5, 5.41) is 5.32. The van der Waals surface area contributed by atoms with Crippen molar-refractivity contribution in [1.82, 2.24) is 5.32 Å². The van der Waals surface area contributed by atoms with Crippen molar-refractivity contribution in [2.24, 2.45) is 0 Å². The molecule has 3 rings (SSSR count). The molecule has 2 aromatic carbocycles. The van der Waals surface area contributed by atoms with E-state index in [1.807, 2.05) is 0 Å². The van der Waals surface area contributed by atoms with Gasteiger partial charge < -0.3 is 15.4 Å². The van der Waals surface area contributed by atoms with Crippen molar-refractivity contribution in [3.8, 4) is 5.75 Å². The van der Waals surface area contributed by atoms with E-state index in [1.54, 1.807) is 35.2 Å². The molecule has 1 fully saturated rings. The number of carbonyl (C=O) groups is 2. The van der Waals surface area contributed by atoms with Crippen LogP contribution in [0, 0.1) is 0 Å². The summed E-state index contributed by atoms with van der Waals surface area (Å²) >= 11 is 0. The lowest BCUT2D eigenvalue weighted by molar-refractivity contribution is -0.0501. The Kier molecular flexibility index (Phi) is 4.78. The number of benzene rings is 2. The summed E-state index contributed by atoms with van der Waals surface area (Å²) in [6.45, 7) is -1.86. The maximum absolute atomic E-state index is 12.4. The lowest BCUT2D eigenvalue weighted by Gasteiger charge is -2.15. The molecule has 8 heteroatoms. The molecule has 0 saturated carbocycles. The van der Waals surface area contributed by atoms with Gasteiger partial charge in [0.05, 0.1) is 5.56 Å². The minimum absolute atomic E-state index is 0.00537. The van der Waals surface area contributed by atoms with Crippen LogP contribution in [0.5, 0.6) is 5.75 Å². The van der Waals surface area contributed by atoms with Gasteiger partial charge in [0.1, 0.15) is 5.75 Å².